The van der Waals surface area contributed by atoms with Crippen LogP contribution in [-0.4, -0.2) is 24.5 Å². The van der Waals surface area contributed by atoms with Crippen molar-refractivity contribution in [3.63, 3.8) is 0 Å². The minimum Gasteiger partial charge on any atom is -0.425 e. The average Bonchev–Trinajstić information content (AvgIpc) is 2.79. The van der Waals surface area contributed by atoms with Crippen LogP contribution < -0.4 is 9.50 Å². The van der Waals surface area contributed by atoms with Crippen LogP contribution in [0.1, 0.15) is 61.0 Å². The van der Waals surface area contributed by atoms with Crippen LogP contribution in [0.3, 0.4) is 0 Å². The van der Waals surface area contributed by atoms with E-state index in [9.17, 15) is 0 Å². The average molecular weight is 414 g/mol. The highest BCUT2D eigenvalue weighted by atomic mass is 32.2. The van der Waals surface area contributed by atoms with Crippen molar-refractivity contribution in [3.8, 4) is 18.6 Å². The fraction of sp³-hybridized carbons (Fsp3) is 0.500. The van der Waals surface area contributed by atoms with Gasteiger partial charge in [-0.25, -0.2) is 0 Å². The molecule has 0 spiro atoms. The number of nitrogens with one attached hydrogen (secondary N) is 1. The summed E-state index contributed by atoms with van der Waals surface area (Å²) in [4.78, 5) is 0. The van der Waals surface area contributed by atoms with E-state index in [1.165, 1.54) is 17.6 Å². The third kappa shape index (κ3) is 49.6. The Kier molecular flexibility index (Phi) is 81.8. The highest BCUT2D eigenvalue weighted by Crippen LogP contribution is 2.17. The van der Waals surface area contributed by atoms with Crippen LogP contribution in [0, 0.1) is 19.8 Å². The monoisotopic (exact) mass is 413 g/mol. The first-order valence-electron chi connectivity index (χ1n) is 9.84. The van der Waals surface area contributed by atoms with Crippen molar-refractivity contribution in [2.75, 3.05) is 19.4 Å². The van der Waals surface area contributed by atoms with Crippen molar-refractivity contribution in [2.24, 2.45) is 0 Å². The van der Waals surface area contributed by atoms with Gasteiger partial charge in [-0.15, -0.1) is 12.8 Å². The lowest BCUT2D eigenvalue weighted by atomic mass is 10.2. The second kappa shape index (κ2) is 56.2. The van der Waals surface area contributed by atoms with Crippen molar-refractivity contribution < 1.29 is 9.29 Å². The molecule has 0 aromatic heterocycles. The number of aliphatic hydroxyl groups excluding tert-OH is 1. The molecule has 1 aromatic carbocycles. The van der Waals surface area contributed by atoms with Crippen molar-refractivity contribution in [1.82, 2.24) is 5.32 Å². The summed E-state index contributed by atoms with van der Waals surface area (Å²) in [5, 5.41) is 9.88. The Balaban J connectivity index is -0.0000000678. The van der Waals surface area contributed by atoms with Gasteiger partial charge in [-0.3, -0.25) is 0 Å². The van der Waals surface area contributed by atoms with Crippen molar-refractivity contribution >= 4 is 12.0 Å². The summed E-state index contributed by atoms with van der Waals surface area (Å²) in [6.07, 6.45) is 13.8. The van der Waals surface area contributed by atoms with Gasteiger partial charge in [-0.1, -0.05) is 72.4 Å². The quantitative estimate of drug-likeness (QED) is 0.223. The molecule has 28 heavy (non-hydrogen) atoms. The number of rotatable bonds is 6. The maximum atomic E-state index is 7.00. The largest absolute Gasteiger partial charge is 0.425 e. The first-order chi connectivity index (χ1) is 13.7. The zero-order valence-electron chi connectivity index (χ0n) is 20.1. The lowest BCUT2D eigenvalue weighted by Crippen LogP contribution is -1.99. The fourth-order valence-electron chi connectivity index (χ4n) is 1.05. The van der Waals surface area contributed by atoms with E-state index < -0.39 is 0 Å². The molecule has 0 unspecified atom stereocenters. The van der Waals surface area contributed by atoms with Crippen LogP contribution in [0.25, 0.3) is 0 Å². The van der Waals surface area contributed by atoms with E-state index in [0.717, 1.165) is 25.2 Å². The van der Waals surface area contributed by atoms with Gasteiger partial charge in [0, 0.05) is 19.4 Å². The Morgan fingerprint density at radius 3 is 1.93 bits per heavy atom. The van der Waals surface area contributed by atoms with E-state index in [1.807, 2.05) is 79.7 Å². The number of benzene rings is 1. The summed E-state index contributed by atoms with van der Waals surface area (Å²) in [5.74, 6) is 1.82. The molecule has 0 aliphatic heterocycles. The van der Waals surface area contributed by atoms with Crippen LogP contribution in [0.15, 0.2) is 49.2 Å². The number of hydrogen-bond donors (Lipinski definition) is 2. The fourth-order valence-corrected chi connectivity index (χ4v) is 1.63. The summed E-state index contributed by atoms with van der Waals surface area (Å²) >= 11 is 1.45. The summed E-state index contributed by atoms with van der Waals surface area (Å²) < 4.78 is 5.45. The molecule has 3 nitrogen and oxygen atoms in total. The number of allylic oxidation sites excluding steroid dienone is 1. The van der Waals surface area contributed by atoms with Crippen molar-refractivity contribution in [1.29, 1.82) is 0 Å². The molecular weight excluding hydrogens is 366 g/mol. The number of aryl methyl sites for hydroxylation is 1. The molecule has 0 bridgehead atoms. The molecule has 4 heteroatoms. The first kappa shape index (κ1) is 40.8. The Bertz CT molecular complexity index is 391. The predicted octanol–water partition coefficient (Wildman–Crippen LogP) is 7.27. The molecule has 0 aliphatic carbocycles. The van der Waals surface area contributed by atoms with Gasteiger partial charge in [0.15, 0.2) is 0 Å². The predicted molar refractivity (Wildman–Crippen MR) is 135 cm³/mol. The summed E-state index contributed by atoms with van der Waals surface area (Å²) in [7, 11) is 1.00. The van der Waals surface area contributed by atoms with Gasteiger partial charge in [0.25, 0.3) is 0 Å². The molecule has 0 fully saturated rings. The molecule has 0 atom stereocenters. The molecular formula is C24H47NO2S. The second-order valence-corrected chi connectivity index (χ2v) is 4.25. The van der Waals surface area contributed by atoms with Crippen molar-refractivity contribution in [3.05, 3.63) is 54.8 Å². The maximum Gasteiger partial charge on any atom is 0.137 e. The third-order valence-electron chi connectivity index (χ3n) is 1.89. The highest BCUT2D eigenvalue weighted by molar-refractivity contribution is 7.95. The van der Waals surface area contributed by atoms with E-state index in [1.54, 1.807) is 6.20 Å². The van der Waals surface area contributed by atoms with Crippen LogP contribution in [0.4, 0.5) is 0 Å². The second-order valence-electron chi connectivity index (χ2n) is 3.52. The SMILES string of the molecule is C#C.C/C=C\CSOc1cccc(C)c1.C=CNCC.CC.CC.CC.CO. The highest BCUT2D eigenvalue weighted by Gasteiger charge is 1.92. The Labute approximate surface area is 181 Å². The van der Waals surface area contributed by atoms with Crippen LogP contribution in [0.2, 0.25) is 0 Å². The standard InChI is InChI=1S/C11H14OS.C4H9N.3C2H6.C2H2.CH4O/c1-3-4-8-13-12-11-7-5-6-10(2)9-11;1-3-5-4-2;5*1-2/h3-7,9H,8H2,1-2H3;3,5H,1,4H2,2H3;3*1-2H3;1-2H;2H,1H3/b4-3-;;;;;;. The lowest BCUT2D eigenvalue weighted by Gasteiger charge is -2.02. The Morgan fingerprint density at radius 1 is 1.11 bits per heavy atom. The normalized spacial score (nSPS) is 7.04. The minimum atomic E-state index is 0.893. The molecule has 1 rings (SSSR count). The number of terminal acetylenes is 1. The molecule has 0 heterocycles. The molecule has 0 aliphatic rings. The van der Waals surface area contributed by atoms with Crippen molar-refractivity contribution in [2.45, 2.75) is 62.3 Å². The van der Waals surface area contributed by atoms with E-state index >= 15 is 0 Å². The number of aliphatic hydroxyl groups is 1. The van der Waals surface area contributed by atoms with E-state index in [2.05, 4.69) is 43.8 Å². The van der Waals surface area contributed by atoms with Gasteiger partial charge in [-0.2, -0.15) is 0 Å². The molecule has 0 radical (unpaired) electrons. The van der Waals surface area contributed by atoms with Gasteiger partial charge in [0.05, 0.1) is 12.0 Å². The molecule has 2 N–H and O–H groups in total. The lowest BCUT2D eigenvalue weighted by molar-refractivity contribution is 0.399. The maximum absolute atomic E-state index is 7.00. The zero-order valence-corrected chi connectivity index (χ0v) is 20.9. The number of hydrogen-bond acceptors (Lipinski definition) is 4. The van der Waals surface area contributed by atoms with Gasteiger partial charge < -0.3 is 14.6 Å². The molecule has 166 valence electrons. The summed E-state index contributed by atoms with van der Waals surface area (Å²) in [5.41, 5.74) is 1.23. The van der Waals surface area contributed by atoms with E-state index in [4.69, 9.17) is 9.29 Å². The van der Waals surface area contributed by atoms with Crippen LogP contribution >= 0.6 is 12.0 Å². The molecule has 0 saturated heterocycles. The first-order valence-corrected chi connectivity index (χ1v) is 10.7. The minimum absolute atomic E-state index is 0.893. The molecule has 0 saturated carbocycles. The van der Waals surface area contributed by atoms with Gasteiger partial charge >= 0.3 is 0 Å². The summed E-state index contributed by atoms with van der Waals surface area (Å²) in [6, 6.07) is 8.06. The van der Waals surface area contributed by atoms with Gasteiger partial charge in [-0.05, 0) is 44.7 Å². The topological polar surface area (TPSA) is 41.5 Å². The third-order valence-corrected chi connectivity index (χ3v) is 2.53. The van der Waals surface area contributed by atoms with E-state index in [-0.39, 0.29) is 0 Å². The smallest absolute Gasteiger partial charge is 0.137 e. The Hall–Kier alpha value is -1.83. The van der Waals surface area contributed by atoms with Crippen LogP contribution in [0.5, 0.6) is 5.75 Å². The van der Waals surface area contributed by atoms with Gasteiger partial charge in [0.2, 0.25) is 0 Å². The van der Waals surface area contributed by atoms with Gasteiger partial charge in [0.1, 0.15) is 5.75 Å². The molecule has 1 aromatic rings. The zero-order chi connectivity index (χ0) is 23.6. The van der Waals surface area contributed by atoms with E-state index in [0.29, 0.717) is 0 Å². The Morgan fingerprint density at radius 2 is 1.61 bits per heavy atom. The molecule has 0 amide bonds. The van der Waals surface area contributed by atoms with Crippen LogP contribution in [-0.2, 0) is 0 Å². The summed E-state index contributed by atoms with van der Waals surface area (Å²) in [6.45, 7) is 22.5.